The van der Waals surface area contributed by atoms with Crippen LogP contribution in [0.15, 0.2) is 29.3 Å². The zero-order valence-electron chi connectivity index (χ0n) is 12.6. The zero-order chi connectivity index (χ0) is 15.8. The van der Waals surface area contributed by atoms with Gasteiger partial charge in [-0.2, -0.15) is 5.26 Å². The molecule has 1 aromatic carbocycles. The summed E-state index contributed by atoms with van der Waals surface area (Å²) in [5.41, 5.74) is 1.35. The largest absolute Gasteiger partial charge is 0.349 e. The number of hydrogen-bond acceptors (Lipinski definition) is 4. The first-order valence-electron chi connectivity index (χ1n) is 7.41. The van der Waals surface area contributed by atoms with E-state index in [4.69, 9.17) is 5.26 Å². The summed E-state index contributed by atoms with van der Waals surface area (Å²) in [5.74, 6) is -0.0253. The molecule has 0 aromatic heterocycles. The van der Waals surface area contributed by atoms with Gasteiger partial charge in [0.25, 0.3) is 5.91 Å². The van der Waals surface area contributed by atoms with Crippen LogP contribution >= 0.6 is 11.8 Å². The number of amides is 1. The van der Waals surface area contributed by atoms with Gasteiger partial charge in [-0.15, -0.1) is 0 Å². The number of amidine groups is 1. The molecular formula is C16H20N4OS. The number of nitriles is 1. The molecule has 22 heavy (non-hydrogen) atoms. The number of nitrogens with zero attached hydrogens (tertiary/aromatic N) is 2. The molecule has 1 aliphatic carbocycles. The molecule has 6 heteroatoms. The summed E-state index contributed by atoms with van der Waals surface area (Å²) in [6.07, 6.45) is 9.50. The number of carbonyl (C=O) groups is 1. The average molecular weight is 316 g/mol. The van der Waals surface area contributed by atoms with E-state index in [0.717, 1.165) is 12.8 Å². The van der Waals surface area contributed by atoms with Crippen LogP contribution in [-0.2, 0) is 0 Å². The molecule has 1 amide bonds. The second-order valence-electron chi connectivity index (χ2n) is 5.21. The highest BCUT2D eigenvalue weighted by Crippen LogP contribution is 2.19. The molecule has 0 radical (unpaired) electrons. The molecular weight excluding hydrogens is 296 g/mol. The minimum absolute atomic E-state index is 0.0253. The Morgan fingerprint density at radius 3 is 2.55 bits per heavy atom. The van der Waals surface area contributed by atoms with E-state index in [2.05, 4.69) is 15.6 Å². The first kappa shape index (κ1) is 16.4. The average Bonchev–Trinajstić information content (AvgIpc) is 2.56. The number of rotatable bonds is 3. The van der Waals surface area contributed by atoms with Crippen molar-refractivity contribution in [2.45, 2.75) is 38.1 Å². The van der Waals surface area contributed by atoms with Crippen molar-refractivity contribution in [3.8, 4) is 6.19 Å². The fourth-order valence-electron chi connectivity index (χ4n) is 2.49. The Bertz CT molecular complexity index is 571. The first-order valence-corrected chi connectivity index (χ1v) is 8.64. The van der Waals surface area contributed by atoms with Crippen molar-refractivity contribution >= 4 is 28.5 Å². The number of thioether (sulfide) groups is 1. The van der Waals surface area contributed by atoms with Crippen molar-refractivity contribution in [1.82, 2.24) is 10.6 Å². The van der Waals surface area contributed by atoms with Gasteiger partial charge >= 0.3 is 0 Å². The van der Waals surface area contributed by atoms with E-state index < -0.39 is 0 Å². The normalized spacial score (nSPS) is 15.9. The van der Waals surface area contributed by atoms with Crippen molar-refractivity contribution < 1.29 is 4.79 Å². The van der Waals surface area contributed by atoms with Gasteiger partial charge in [-0.1, -0.05) is 31.0 Å². The van der Waals surface area contributed by atoms with Gasteiger partial charge in [0.1, 0.15) is 0 Å². The highest BCUT2D eigenvalue weighted by atomic mass is 32.2. The molecule has 0 heterocycles. The second-order valence-corrected chi connectivity index (χ2v) is 6.01. The number of aliphatic imine (C=N–C) groups is 1. The van der Waals surface area contributed by atoms with Crippen LogP contribution in [0.2, 0.25) is 0 Å². The Hall–Kier alpha value is -2.00. The van der Waals surface area contributed by atoms with Crippen LogP contribution in [0.4, 0.5) is 5.69 Å². The molecule has 1 aliphatic rings. The van der Waals surface area contributed by atoms with Gasteiger partial charge in [-0.05, 0) is 43.4 Å². The Morgan fingerprint density at radius 1 is 1.27 bits per heavy atom. The molecule has 1 saturated carbocycles. The summed E-state index contributed by atoms with van der Waals surface area (Å²) in [7, 11) is 0. The summed E-state index contributed by atoms with van der Waals surface area (Å²) in [6.45, 7) is 0. The minimum Gasteiger partial charge on any atom is -0.349 e. The van der Waals surface area contributed by atoms with Gasteiger partial charge in [0, 0.05) is 11.6 Å². The van der Waals surface area contributed by atoms with Crippen LogP contribution in [0.5, 0.6) is 0 Å². The monoisotopic (exact) mass is 316 g/mol. The number of nitrogens with one attached hydrogen (secondary N) is 2. The van der Waals surface area contributed by atoms with Gasteiger partial charge in [-0.3, -0.25) is 10.1 Å². The summed E-state index contributed by atoms with van der Waals surface area (Å²) < 4.78 is 0. The Balaban J connectivity index is 1.98. The van der Waals surface area contributed by atoms with E-state index in [1.54, 1.807) is 24.3 Å². The smallest absolute Gasteiger partial charge is 0.251 e. The maximum atomic E-state index is 12.2. The van der Waals surface area contributed by atoms with E-state index in [1.807, 2.05) is 12.4 Å². The third-order valence-corrected chi connectivity index (χ3v) is 4.24. The van der Waals surface area contributed by atoms with Crippen LogP contribution in [0.1, 0.15) is 42.5 Å². The number of hydrogen-bond donors (Lipinski definition) is 2. The fourth-order valence-corrected chi connectivity index (χ4v) is 2.84. The first-order chi connectivity index (χ1) is 10.7. The van der Waals surface area contributed by atoms with Gasteiger partial charge in [0.15, 0.2) is 11.4 Å². The third kappa shape index (κ3) is 4.78. The Labute approximate surface area is 135 Å². The summed E-state index contributed by atoms with van der Waals surface area (Å²) >= 11 is 1.36. The zero-order valence-corrected chi connectivity index (χ0v) is 13.4. The highest BCUT2D eigenvalue weighted by molar-refractivity contribution is 8.13. The molecule has 0 bridgehead atoms. The molecule has 0 saturated heterocycles. The molecule has 0 spiro atoms. The van der Waals surface area contributed by atoms with Crippen LogP contribution in [0.25, 0.3) is 0 Å². The molecule has 2 N–H and O–H groups in total. The van der Waals surface area contributed by atoms with Crippen LogP contribution in [-0.4, -0.2) is 23.4 Å². The van der Waals surface area contributed by atoms with Crippen molar-refractivity contribution in [2.24, 2.45) is 4.99 Å². The molecule has 116 valence electrons. The molecule has 0 unspecified atom stereocenters. The maximum absolute atomic E-state index is 12.2. The van der Waals surface area contributed by atoms with Crippen LogP contribution in [0, 0.1) is 11.5 Å². The van der Waals surface area contributed by atoms with E-state index in [0.29, 0.717) is 22.5 Å². The van der Waals surface area contributed by atoms with E-state index in [9.17, 15) is 4.79 Å². The predicted octanol–water partition coefficient (Wildman–Crippen LogP) is 3.17. The Kier molecular flexibility index (Phi) is 6.28. The maximum Gasteiger partial charge on any atom is 0.251 e. The number of carbonyl (C=O) groups excluding carboxylic acids is 1. The van der Waals surface area contributed by atoms with Crippen LogP contribution in [0.3, 0.4) is 0 Å². The van der Waals surface area contributed by atoms with E-state index in [-0.39, 0.29) is 5.91 Å². The summed E-state index contributed by atoms with van der Waals surface area (Å²) in [4.78, 5) is 16.5. The van der Waals surface area contributed by atoms with Crippen molar-refractivity contribution in [1.29, 1.82) is 5.26 Å². The quantitative estimate of drug-likeness (QED) is 0.388. The van der Waals surface area contributed by atoms with Crippen molar-refractivity contribution in [2.75, 3.05) is 6.26 Å². The molecule has 2 rings (SSSR count). The second kappa shape index (κ2) is 8.44. The molecule has 1 aromatic rings. The fraction of sp³-hybridized carbons (Fsp3) is 0.438. The summed E-state index contributed by atoms with van der Waals surface area (Å²) in [5, 5.41) is 14.7. The van der Waals surface area contributed by atoms with Gasteiger partial charge in [-0.25, -0.2) is 4.99 Å². The lowest BCUT2D eigenvalue weighted by Gasteiger charge is -2.22. The molecule has 1 fully saturated rings. The topological polar surface area (TPSA) is 77.3 Å². The predicted molar refractivity (Wildman–Crippen MR) is 90.1 cm³/mol. The Morgan fingerprint density at radius 2 is 1.95 bits per heavy atom. The van der Waals surface area contributed by atoms with Crippen molar-refractivity contribution in [3.63, 3.8) is 0 Å². The van der Waals surface area contributed by atoms with E-state index >= 15 is 0 Å². The van der Waals surface area contributed by atoms with Gasteiger partial charge < -0.3 is 5.32 Å². The third-order valence-electron chi connectivity index (χ3n) is 3.66. The number of benzene rings is 1. The lowest BCUT2D eigenvalue weighted by molar-refractivity contribution is 0.0928. The molecule has 0 aliphatic heterocycles. The lowest BCUT2D eigenvalue weighted by atomic mass is 9.95. The molecule has 5 nitrogen and oxygen atoms in total. The van der Waals surface area contributed by atoms with Crippen LogP contribution < -0.4 is 10.6 Å². The SMILES string of the molecule is CSC(=Nc1ccc(C(=O)NC2CCCCC2)cc1)NC#N. The standard InChI is InChI=1S/C16H20N4OS/c1-22-16(18-11-17)20-14-9-7-12(8-10-14)15(21)19-13-5-3-2-4-6-13/h7-10,13H,2-6H2,1H3,(H,18,20)(H,19,21). The highest BCUT2D eigenvalue weighted by Gasteiger charge is 2.16. The van der Waals surface area contributed by atoms with Gasteiger partial charge in [0.2, 0.25) is 0 Å². The van der Waals surface area contributed by atoms with Crippen molar-refractivity contribution in [3.05, 3.63) is 29.8 Å². The van der Waals surface area contributed by atoms with Gasteiger partial charge in [0.05, 0.1) is 5.69 Å². The lowest BCUT2D eigenvalue weighted by Crippen LogP contribution is -2.36. The molecule has 0 atom stereocenters. The minimum atomic E-state index is -0.0253. The summed E-state index contributed by atoms with van der Waals surface area (Å²) in [6, 6.07) is 7.40. The van der Waals surface area contributed by atoms with E-state index in [1.165, 1.54) is 31.0 Å².